The molecule has 0 radical (unpaired) electrons. The summed E-state index contributed by atoms with van der Waals surface area (Å²) >= 11 is 24.3. The maximum absolute atomic E-state index is 10.5. The largest absolute Gasteiger partial charge is 0.391 e. The number of pyridine rings is 1. The Morgan fingerprint density at radius 1 is 1.13 bits per heavy atom. The lowest BCUT2D eigenvalue weighted by Crippen LogP contribution is -2.30. The SMILES string of the molecule is CN(Cc1cc(Cl)nc(Cl)c1)C1c2cc(Cl)cc(Cl)c2CC1O. The minimum Gasteiger partial charge on any atom is -0.391 e. The van der Waals surface area contributed by atoms with Gasteiger partial charge in [-0.25, -0.2) is 4.98 Å². The van der Waals surface area contributed by atoms with Crippen LogP contribution in [0.3, 0.4) is 0 Å². The smallest absolute Gasteiger partial charge is 0.131 e. The van der Waals surface area contributed by atoms with Crippen LogP contribution in [0.2, 0.25) is 20.4 Å². The average Bonchev–Trinajstić information content (AvgIpc) is 2.74. The van der Waals surface area contributed by atoms with E-state index < -0.39 is 6.10 Å². The maximum atomic E-state index is 10.5. The topological polar surface area (TPSA) is 36.4 Å². The van der Waals surface area contributed by atoms with Crippen LogP contribution in [-0.2, 0) is 13.0 Å². The van der Waals surface area contributed by atoms with Crippen molar-refractivity contribution in [2.45, 2.75) is 25.1 Å². The summed E-state index contributed by atoms with van der Waals surface area (Å²) in [6.45, 7) is 0.563. The molecule has 122 valence electrons. The second kappa shape index (κ2) is 6.75. The molecular formula is C16H14Cl4N2O. The fraction of sp³-hybridized carbons (Fsp3) is 0.312. The van der Waals surface area contributed by atoms with Crippen molar-refractivity contribution in [1.82, 2.24) is 9.88 Å². The van der Waals surface area contributed by atoms with Gasteiger partial charge < -0.3 is 5.11 Å². The second-order valence-electron chi connectivity index (χ2n) is 5.71. The average molecular weight is 392 g/mol. The van der Waals surface area contributed by atoms with Crippen molar-refractivity contribution in [3.8, 4) is 0 Å². The quantitative estimate of drug-likeness (QED) is 0.764. The highest BCUT2D eigenvalue weighted by molar-refractivity contribution is 6.35. The van der Waals surface area contributed by atoms with Crippen molar-refractivity contribution in [1.29, 1.82) is 0 Å². The van der Waals surface area contributed by atoms with Crippen molar-refractivity contribution >= 4 is 46.4 Å². The predicted octanol–water partition coefficient (Wildman–Crippen LogP) is 4.79. The van der Waals surface area contributed by atoms with Crippen LogP contribution in [0, 0.1) is 0 Å². The van der Waals surface area contributed by atoms with E-state index in [2.05, 4.69) is 4.98 Å². The van der Waals surface area contributed by atoms with Gasteiger partial charge in [0, 0.05) is 23.0 Å². The number of hydrogen-bond acceptors (Lipinski definition) is 3. The molecule has 0 aliphatic heterocycles. The molecule has 0 saturated carbocycles. The van der Waals surface area contributed by atoms with E-state index >= 15 is 0 Å². The Kier molecular flexibility index (Phi) is 5.07. The number of nitrogens with zero attached hydrogens (tertiary/aromatic N) is 2. The van der Waals surface area contributed by atoms with E-state index in [1.807, 2.05) is 18.0 Å². The van der Waals surface area contributed by atoms with Gasteiger partial charge in [-0.2, -0.15) is 0 Å². The molecule has 1 aliphatic rings. The summed E-state index contributed by atoms with van der Waals surface area (Å²) in [5.41, 5.74) is 2.83. The molecule has 1 N–H and O–H groups in total. The third-order valence-corrected chi connectivity index (χ3v) is 4.96. The van der Waals surface area contributed by atoms with Gasteiger partial charge in [0.25, 0.3) is 0 Å². The Labute approximate surface area is 154 Å². The molecular weight excluding hydrogens is 378 g/mol. The van der Waals surface area contributed by atoms with Crippen LogP contribution in [0.5, 0.6) is 0 Å². The zero-order valence-electron chi connectivity index (χ0n) is 12.2. The fourth-order valence-corrected chi connectivity index (χ4v) is 4.25. The lowest BCUT2D eigenvalue weighted by Gasteiger charge is -2.28. The molecule has 0 fully saturated rings. The van der Waals surface area contributed by atoms with Gasteiger partial charge in [-0.1, -0.05) is 46.4 Å². The second-order valence-corrected chi connectivity index (χ2v) is 7.33. The van der Waals surface area contributed by atoms with Crippen molar-refractivity contribution in [2.75, 3.05) is 7.05 Å². The van der Waals surface area contributed by atoms with Gasteiger partial charge in [0.05, 0.1) is 12.1 Å². The van der Waals surface area contributed by atoms with Gasteiger partial charge in [-0.15, -0.1) is 0 Å². The Morgan fingerprint density at radius 3 is 2.43 bits per heavy atom. The molecule has 2 unspecified atom stereocenters. The lowest BCUT2D eigenvalue weighted by atomic mass is 10.1. The van der Waals surface area contributed by atoms with Crippen LogP contribution in [0.1, 0.15) is 22.7 Å². The summed E-state index contributed by atoms with van der Waals surface area (Å²) in [5.74, 6) is 0. The first-order chi connectivity index (χ1) is 10.8. The Balaban J connectivity index is 1.90. The first kappa shape index (κ1) is 17.3. The van der Waals surface area contributed by atoms with Crippen LogP contribution in [-0.4, -0.2) is 28.1 Å². The molecule has 2 aromatic rings. The van der Waals surface area contributed by atoms with E-state index in [0.29, 0.717) is 33.3 Å². The molecule has 0 spiro atoms. The van der Waals surface area contributed by atoms with E-state index in [9.17, 15) is 5.11 Å². The third kappa shape index (κ3) is 3.60. The molecule has 2 atom stereocenters. The van der Waals surface area contributed by atoms with Crippen LogP contribution in [0.25, 0.3) is 0 Å². The molecule has 1 aromatic heterocycles. The lowest BCUT2D eigenvalue weighted by molar-refractivity contribution is 0.0725. The number of aromatic nitrogens is 1. The van der Waals surface area contributed by atoms with E-state index in [1.54, 1.807) is 18.2 Å². The summed E-state index contributed by atoms with van der Waals surface area (Å²) in [4.78, 5) is 5.97. The summed E-state index contributed by atoms with van der Waals surface area (Å²) in [6, 6.07) is 6.91. The van der Waals surface area contributed by atoms with Crippen molar-refractivity contribution < 1.29 is 5.11 Å². The number of fused-ring (bicyclic) bond motifs is 1. The van der Waals surface area contributed by atoms with E-state index in [1.165, 1.54) is 0 Å². The summed E-state index contributed by atoms with van der Waals surface area (Å²) in [6.07, 6.45) is -0.0307. The number of likely N-dealkylation sites (N-methyl/N-ethyl adjacent to an activating group) is 1. The first-order valence-corrected chi connectivity index (χ1v) is 8.54. The van der Waals surface area contributed by atoms with Gasteiger partial charge in [-0.05, 0) is 48.0 Å². The molecule has 1 aromatic carbocycles. The minimum atomic E-state index is -0.543. The number of rotatable bonds is 3. The van der Waals surface area contributed by atoms with Gasteiger partial charge in [0.15, 0.2) is 0 Å². The molecule has 23 heavy (non-hydrogen) atoms. The molecule has 3 rings (SSSR count). The molecule has 0 amide bonds. The molecule has 3 nitrogen and oxygen atoms in total. The van der Waals surface area contributed by atoms with E-state index in [4.69, 9.17) is 46.4 Å². The zero-order chi connectivity index (χ0) is 16.7. The number of halogens is 4. The molecule has 0 saturated heterocycles. The highest BCUT2D eigenvalue weighted by atomic mass is 35.5. The first-order valence-electron chi connectivity index (χ1n) is 7.03. The van der Waals surface area contributed by atoms with Crippen molar-refractivity contribution in [3.63, 3.8) is 0 Å². The number of aliphatic hydroxyl groups is 1. The summed E-state index contributed by atoms with van der Waals surface area (Å²) < 4.78 is 0. The van der Waals surface area contributed by atoms with Gasteiger partial charge in [-0.3, -0.25) is 4.90 Å². The molecule has 7 heteroatoms. The predicted molar refractivity (Wildman–Crippen MR) is 94.6 cm³/mol. The normalized spacial score (nSPS) is 20.1. The summed E-state index contributed by atoms with van der Waals surface area (Å²) in [5, 5.41) is 12.3. The Bertz CT molecular complexity index is 733. The van der Waals surface area contributed by atoms with Crippen LogP contribution in [0.4, 0.5) is 0 Å². The number of benzene rings is 1. The van der Waals surface area contributed by atoms with Gasteiger partial charge in [0.1, 0.15) is 10.3 Å². The highest BCUT2D eigenvalue weighted by Crippen LogP contribution is 2.41. The van der Waals surface area contributed by atoms with E-state index in [0.717, 1.165) is 16.7 Å². The minimum absolute atomic E-state index is 0.188. The van der Waals surface area contributed by atoms with Crippen LogP contribution < -0.4 is 0 Å². The van der Waals surface area contributed by atoms with Crippen LogP contribution >= 0.6 is 46.4 Å². The van der Waals surface area contributed by atoms with Crippen LogP contribution in [0.15, 0.2) is 24.3 Å². The van der Waals surface area contributed by atoms with E-state index in [-0.39, 0.29) is 6.04 Å². The Hall–Kier alpha value is -0.550. The molecule has 1 heterocycles. The highest BCUT2D eigenvalue weighted by Gasteiger charge is 2.35. The molecule has 1 aliphatic carbocycles. The monoisotopic (exact) mass is 390 g/mol. The third-order valence-electron chi connectivity index (χ3n) is 4.02. The number of hydrogen-bond donors (Lipinski definition) is 1. The number of aliphatic hydroxyl groups excluding tert-OH is 1. The van der Waals surface area contributed by atoms with Crippen molar-refractivity contribution in [2.24, 2.45) is 0 Å². The van der Waals surface area contributed by atoms with Gasteiger partial charge in [0.2, 0.25) is 0 Å². The summed E-state index contributed by atoms with van der Waals surface area (Å²) in [7, 11) is 1.93. The zero-order valence-corrected chi connectivity index (χ0v) is 15.3. The van der Waals surface area contributed by atoms with Gasteiger partial charge >= 0.3 is 0 Å². The fourth-order valence-electron chi connectivity index (χ4n) is 3.15. The van der Waals surface area contributed by atoms with Crippen molar-refractivity contribution in [3.05, 3.63) is 61.3 Å². The standard InChI is InChI=1S/C16H14Cl4N2O/c1-22(7-8-2-14(19)21-15(20)3-8)16-11-4-9(17)5-12(18)10(11)6-13(16)23/h2-5,13,16,23H,6-7H2,1H3. The molecule has 0 bridgehead atoms. The Morgan fingerprint density at radius 2 is 1.78 bits per heavy atom. The maximum Gasteiger partial charge on any atom is 0.131 e.